The highest BCUT2D eigenvalue weighted by Gasteiger charge is 2.23. The Balaban J connectivity index is 1.47. The molecule has 0 radical (unpaired) electrons. The number of hydrogen-bond acceptors (Lipinski definition) is 10. The quantitative estimate of drug-likeness (QED) is 0.162. The van der Waals surface area contributed by atoms with E-state index in [1.54, 1.807) is 44.6 Å². The van der Waals surface area contributed by atoms with E-state index in [1.807, 2.05) is 29.4 Å². The third-order valence-electron chi connectivity index (χ3n) is 6.66. The molecule has 2 aromatic heterocycles. The number of aromatic nitrogens is 2. The molecule has 0 fully saturated rings. The molecule has 0 aliphatic carbocycles. The third-order valence-corrected chi connectivity index (χ3v) is 6.95. The summed E-state index contributed by atoms with van der Waals surface area (Å²) in [6.07, 6.45) is 6.95. The lowest BCUT2D eigenvalue weighted by Crippen LogP contribution is -2.39. The molecular weight excluding hydrogens is 559 g/mol. The molecule has 2 aromatic carbocycles. The smallest absolute Gasteiger partial charge is 0.126 e. The van der Waals surface area contributed by atoms with Gasteiger partial charge in [0.1, 0.15) is 11.9 Å². The first-order valence-electron chi connectivity index (χ1n) is 13.3. The molecule has 0 saturated carbocycles. The maximum atomic E-state index is 13.9. The van der Waals surface area contributed by atoms with Gasteiger partial charge < -0.3 is 25.5 Å². The molecular formula is C30H30ClFN8O2. The second-order valence-corrected chi connectivity index (χ2v) is 9.99. The first-order chi connectivity index (χ1) is 20.5. The average molecular weight is 589 g/mol. The van der Waals surface area contributed by atoms with E-state index in [4.69, 9.17) is 21.1 Å². The van der Waals surface area contributed by atoms with Gasteiger partial charge in [-0.25, -0.2) is 4.39 Å². The molecule has 3 heterocycles. The molecule has 4 aromatic rings. The van der Waals surface area contributed by atoms with E-state index in [0.717, 1.165) is 11.3 Å². The number of hydrazine groups is 2. The minimum absolute atomic E-state index is 0.307. The van der Waals surface area contributed by atoms with Crippen molar-refractivity contribution in [3.63, 3.8) is 0 Å². The zero-order valence-corrected chi connectivity index (χ0v) is 23.9. The molecule has 12 heteroatoms. The van der Waals surface area contributed by atoms with Crippen molar-refractivity contribution in [1.29, 1.82) is 5.26 Å². The summed E-state index contributed by atoms with van der Waals surface area (Å²) in [5.41, 5.74) is 11.3. The molecule has 1 aliphatic rings. The fraction of sp³-hybridized carbons (Fsp3) is 0.233. The van der Waals surface area contributed by atoms with Gasteiger partial charge in [-0.1, -0.05) is 17.7 Å². The number of rotatable bonds is 12. The lowest BCUT2D eigenvalue weighted by molar-refractivity contribution is 0.0574. The first-order valence-corrected chi connectivity index (χ1v) is 13.6. The van der Waals surface area contributed by atoms with Crippen LogP contribution in [0, 0.1) is 24.1 Å². The van der Waals surface area contributed by atoms with Crippen LogP contribution in [0.25, 0.3) is 10.9 Å². The van der Waals surface area contributed by atoms with Crippen molar-refractivity contribution >= 4 is 39.6 Å². The number of aryl methyl sites for hydroxylation is 1. The minimum atomic E-state index is -0.331. The molecule has 0 bridgehead atoms. The van der Waals surface area contributed by atoms with Gasteiger partial charge in [0.25, 0.3) is 0 Å². The van der Waals surface area contributed by atoms with E-state index >= 15 is 0 Å². The Morgan fingerprint density at radius 2 is 2.02 bits per heavy atom. The van der Waals surface area contributed by atoms with Crippen molar-refractivity contribution in [2.75, 3.05) is 44.1 Å². The summed E-state index contributed by atoms with van der Waals surface area (Å²) in [6, 6.07) is 14.1. The van der Waals surface area contributed by atoms with Gasteiger partial charge in [0.2, 0.25) is 0 Å². The Labute approximate surface area is 248 Å². The van der Waals surface area contributed by atoms with Gasteiger partial charge in [-0.05, 0) is 54.4 Å². The molecule has 0 saturated heterocycles. The molecule has 4 N–H and O–H groups in total. The Hall–Kier alpha value is -4.47. The van der Waals surface area contributed by atoms with Crippen molar-refractivity contribution in [2.45, 2.75) is 13.0 Å². The van der Waals surface area contributed by atoms with Crippen LogP contribution >= 0.6 is 11.6 Å². The van der Waals surface area contributed by atoms with Crippen LogP contribution < -0.4 is 21.6 Å². The van der Waals surface area contributed by atoms with Crippen molar-refractivity contribution in [3.05, 3.63) is 100 Å². The van der Waals surface area contributed by atoms with Gasteiger partial charge >= 0.3 is 0 Å². The number of nitrogens with zero attached hydrogens (tertiary/aromatic N) is 4. The fourth-order valence-corrected chi connectivity index (χ4v) is 4.79. The predicted octanol–water partition coefficient (Wildman–Crippen LogP) is 5.33. The van der Waals surface area contributed by atoms with Gasteiger partial charge in [-0.3, -0.25) is 15.0 Å². The summed E-state index contributed by atoms with van der Waals surface area (Å²) < 4.78 is 24.5. The highest BCUT2D eigenvalue weighted by molar-refractivity contribution is 6.36. The lowest BCUT2D eigenvalue weighted by atomic mass is 10.0. The average Bonchev–Trinajstić information content (AvgIpc) is 3.47. The van der Waals surface area contributed by atoms with Crippen molar-refractivity contribution in [2.24, 2.45) is 0 Å². The van der Waals surface area contributed by atoms with Gasteiger partial charge in [0.05, 0.1) is 59.9 Å². The van der Waals surface area contributed by atoms with Crippen LogP contribution in [-0.2, 0) is 9.47 Å². The van der Waals surface area contributed by atoms with E-state index in [0.29, 0.717) is 70.5 Å². The molecule has 1 aliphatic heterocycles. The fourth-order valence-electron chi connectivity index (χ4n) is 4.53. The molecule has 0 unspecified atom stereocenters. The van der Waals surface area contributed by atoms with Crippen molar-refractivity contribution < 1.29 is 13.9 Å². The van der Waals surface area contributed by atoms with Crippen LogP contribution in [0.3, 0.4) is 0 Å². The molecule has 5 rings (SSSR count). The van der Waals surface area contributed by atoms with Crippen molar-refractivity contribution in [3.8, 4) is 6.07 Å². The number of nitriles is 1. The molecule has 10 nitrogen and oxygen atoms in total. The second-order valence-electron chi connectivity index (χ2n) is 9.59. The number of pyridine rings is 2. The third kappa shape index (κ3) is 6.70. The number of benzene rings is 2. The number of anilines is 3. The van der Waals surface area contributed by atoms with E-state index in [1.165, 1.54) is 12.3 Å². The Kier molecular flexibility index (Phi) is 9.31. The molecule has 0 amide bonds. The van der Waals surface area contributed by atoms with Crippen LogP contribution in [0.5, 0.6) is 0 Å². The number of fused-ring (bicyclic) bond motifs is 1. The summed E-state index contributed by atoms with van der Waals surface area (Å²) in [6.45, 7) is 3.88. The summed E-state index contributed by atoms with van der Waals surface area (Å²) >= 11 is 6.74. The van der Waals surface area contributed by atoms with Gasteiger partial charge in [0, 0.05) is 48.7 Å². The lowest BCUT2D eigenvalue weighted by Gasteiger charge is -2.22. The monoisotopic (exact) mass is 588 g/mol. The Morgan fingerprint density at radius 3 is 2.79 bits per heavy atom. The van der Waals surface area contributed by atoms with Crippen LogP contribution in [0.4, 0.5) is 21.5 Å². The summed E-state index contributed by atoms with van der Waals surface area (Å²) in [7, 11) is 1.64. The maximum Gasteiger partial charge on any atom is 0.126 e. The van der Waals surface area contributed by atoms with Crippen LogP contribution in [0.1, 0.15) is 22.7 Å². The summed E-state index contributed by atoms with van der Waals surface area (Å²) in [4.78, 5) is 8.76. The molecule has 1 atom stereocenters. The standard InChI is InChI=1S/C30H30ClFN8O2/c1-19-12-22(5-6-26(19)32)36-28-21(15-33)17-35-30-24(28)13-23(14-25(30)31)37-29(20-4-3-7-34-16-20)27-18-40(39-38-27)8-9-42-11-10-41-2/h3-7,12-14,16-18,29,37-39H,8-11H2,1-2H3,(H,35,36)/t29-/m0/s1. The second kappa shape index (κ2) is 13.5. The minimum Gasteiger partial charge on any atom is -0.382 e. The predicted molar refractivity (Wildman–Crippen MR) is 160 cm³/mol. The van der Waals surface area contributed by atoms with E-state index < -0.39 is 0 Å². The highest BCUT2D eigenvalue weighted by atomic mass is 35.5. The van der Waals surface area contributed by atoms with Crippen molar-refractivity contribution in [1.82, 2.24) is 25.9 Å². The molecule has 0 spiro atoms. The van der Waals surface area contributed by atoms with E-state index in [2.05, 4.69) is 37.6 Å². The summed E-state index contributed by atoms with van der Waals surface area (Å²) in [5.74, 6) is -0.307. The molecule has 42 heavy (non-hydrogen) atoms. The number of nitrogens with one attached hydrogen (secondary N) is 4. The van der Waals surface area contributed by atoms with Crippen LogP contribution in [0.2, 0.25) is 5.02 Å². The van der Waals surface area contributed by atoms with E-state index in [9.17, 15) is 9.65 Å². The first kappa shape index (κ1) is 29.0. The summed E-state index contributed by atoms with van der Waals surface area (Å²) in [5, 5.41) is 19.7. The Bertz CT molecular complexity index is 1630. The van der Waals surface area contributed by atoms with Crippen LogP contribution in [-0.4, -0.2) is 48.5 Å². The highest BCUT2D eigenvalue weighted by Crippen LogP contribution is 2.37. The van der Waals surface area contributed by atoms with Gasteiger partial charge in [0.15, 0.2) is 0 Å². The number of methoxy groups -OCH3 is 1. The normalized spacial score (nSPS) is 13.4. The number of hydrogen-bond donors (Lipinski definition) is 4. The van der Waals surface area contributed by atoms with Gasteiger partial charge in [-0.2, -0.15) is 5.26 Å². The largest absolute Gasteiger partial charge is 0.382 e. The SMILES string of the molecule is COCCOCCN1C=C([C@@H](Nc2cc(Cl)c3ncc(C#N)c(Nc4ccc(F)c(C)c4)c3c2)c2cccnc2)NN1. The maximum absolute atomic E-state index is 13.9. The van der Waals surface area contributed by atoms with Crippen LogP contribution in [0.15, 0.2) is 73.0 Å². The number of halogens is 2. The topological polar surface area (TPSA) is 119 Å². The molecule has 216 valence electrons. The Morgan fingerprint density at radius 1 is 1.14 bits per heavy atom. The number of ether oxygens (including phenoxy) is 2. The zero-order valence-electron chi connectivity index (χ0n) is 23.1. The van der Waals surface area contributed by atoms with E-state index in [-0.39, 0.29) is 11.9 Å². The van der Waals surface area contributed by atoms with Gasteiger partial charge in [-0.15, -0.1) is 5.53 Å². The zero-order chi connectivity index (χ0) is 29.5.